The Morgan fingerprint density at radius 1 is 1.09 bits per heavy atom. The molecule has 1 amide bonds. The van der Waals surface area contributed by atoms with Crippen LogP contribution in [0.4, 0.5) is 10.5 Å². The van der Waals surface area contributed by atoms with Gasteiger partial charge in [0.15, 0.2) is 0 Å². The number of anilines is 1. The van der Waals surface area contributed by atoms with Gasteiger partial charge in [-0.05, 0) is 79.5 Å². The van der Waals surface area contributed by atoms with Crippen LogP contribution in [0.25, 0.3) is 11.0 Å². The molecule has 35 heavy (non-hydrogen) atoms. The van der Waals surface area contributed by atoms with E-state index in [-0.39, 0.29) is 5.41 Å². The van der Waals surface area contributed by atoms with E-state index in [9.17, 15) is 4.79 Å². The van der Waals surface area contributed by atoms with E-state index in [2.05, 4.69) is 72.8 Å². The standard InChI is InChI=1S/C29H38N4O2/c1-19-6-9-26-25(14-19)31-27(29(2,3)4)33(26)24-10-12-32(13-11-24)18-20-15-21-7-8-23(17-22(21)16-20)30-28(34)35-5/h6-9,14,17,20,24H,10-13,15-16,18H2,1-5H3,(H,30,34)/t20-/m1/s1. The second-order valence-electron chi connectivity index (χ2n) is 11.5. The van der Waals surface area contributed by atoms with Crippen LogP contribution in [-0.2, 0) is 23.0 Å². The third-order valence-corrected chi connectivity index (χ3v) is 7.61. The van der Waals surface area contributed by atoms with Crippen LogP contribution in [0.15, 0.2) is 36.4 Å². The van der Waals surface area contributed by atoms with E-state index < -0.39 is 6.09 Å². The van der Waals surface area contributed by atoms with E-state index in [1.165, 1.54) is 35.1 Å². The highest BCUT2D eigenvalue weighted by Gasteiger charge is 2.31. The maximum Gasteiger partial charge on any atom is 0.411 e. The van der Waals surface area contributed by atoms with Crippen molar-refractivity contribution >= 4 is 22.8 Å². The molecular weight excluding hydrogens is 436 g/mol. The van der Waals surface area contributed by atoms with Gasteiger partial charge in [-0.2, -0.15) is 0 Å². The number of benzene rings is 2. The number of methoxy groups -OCH3 is 1. The molecule has 0 saturated carbocycles. The van der Waals surface area contributed by atoms with Crippen molar-refractivity contribution in [1.82, 2.24) is 14.5 Å². The largest absolute Gasteiger partial charge is 0.453 e. The normalized spacial score (nSPS) is 19.2. The molecular formula is C29H38N4O2. The number of likely N-dealkylation sites (tertiary alicyclic amines) is 1. The lowest BCUT2D eigenvalue weighted by molar-refractivity contribution is 0.163. The Morgan fingerprint density at radius 2 is 1.83 bits per heavy atom. The lowest BCUT2D eigenvalue weighted by Crippen LogP contribution is -2.38. The molecule has 2 aliphatic rings. The number of hydrogen-bond acceptors (Lipinski definition) is 4. The predicted molar refractivity (Wildman–Crippen MR) is 141 cm³/mol. The first-order valence-corrected chi connectivity index (χ1v) is 12.9. The molecule has 1 N–H and O–H groups in total. The van der Waals surface area contributed by atoms with Crippen LogP contribution in [0, 0.1) is 12.8 Å². The van der Waals surface area contributed by atoms with Crippen molar-refractivity contribution in [3.05, 3.63) is 58.9 Å². The van der Waals surface area contributed by atoms with Gasteiger partial charge < -0.3 is 14.2 Å². The SMILES string of the molecule is COC(=O)Nc1ccc2c(c1)C[C@H](CN1CCC(n3c(C(C)(C)C)nc4cc(C)ccc43)CC1)C2. The van der Waals surface area contributed by atoms with Crippen LogP contribution >= 0.6 is 0 Å². The molecule has 0 spiro atoms. The van der Waals surface area contributed by atoms with Gasteiger partial charge in [-0.25, -0.2) is 9.78 Å². The van der Waals surface area contributed by atoms with Crippen molar-refractivity contribution in [3.8, 4) is 0 Å². The second-order valence-corrected chi connectivity index (χ2v) is 11.5. The third-order valence-electron chi connectivity index (χ3n) is 7.61. The van der Waals surface area contributed by atoms with Crippen molar-refractivity contribution in [2.45, 2.75) is 64.8 Å². The first kappa shape index (κ1) is 23.9. The Bertz CT molecular complexity index is 1230. The molecule has 0 bridgehead atoms. The van der Waals surface area contributed by atoms with Crippen LogP contribution in [0.3, 0.4) is 0 Å². The van der Waals surface area contributed by atoms with Crippen molar-refractivity contribution in [1.29, 1.82) is 0 Å². The Labute approximate surface area is 208 Å². The molecule has 3 aromatic rings. The molecule has 186 valence electrons. The summed E-state index contributed by atoms with van der Waals surface area (Å²) in [5, 5.41) is 2.79. The number of imidazole rings is 1. The van der Waals surface area contributed by atoms with Gasteiger partial charge in [0.05, 0.1) is 18.1 Å². The number of amides is 1. The smallest absolute Gasteiger partial charge is 0.411 e. The molecule has 1 aliphatic heterocycles. The minimum Gasteiger partial charge on any atom is -0.453 e. The van der Waals surface area contributed by atoms with Gasteiger partial charge in [-0.1, -0.05) is 32.9 Å². The Balaban J connectivity index is 1.24. The zero-order chi connectivity index (χ0) is 24.7. The maximum absolute atomic E-state index is 11.5. The summed E-state index contributed by atoms with van der Waals surface area (Å²) in [7, 11) is 1.39. The molecule has 2 heterocycles. The fourth-order valence-corrected chi connectivity index (χ4v) is 5.92. The number of fused-ring (bicyclic) bond motifs is 2. The summed E-state index contributed by atoms with van der Waals surface area (Å²) < 4.78 is 7.27. The number of ether oxygens (including phenoxy) is 1. The summed E-state index contributed by atoms with van der Waals surface area (Å²) in [6.07, 6.45) is 4.10. The summed E-state index contributed by atoms with van der Waals surface area (Å²) in [6.45, 7) is 12.4. The molecule has 1 aliphatic carbocycles. The van der Waals surface area contributed by atoms with Gasteiger partial charge in [-0.15, -0.1) is 0 Å². The highest BCUT2D eigenvalue weighted by atomic mass is 16.5. The topological polar surface area (TPSA) is 59.4 Å². The summed E-state index contributed by atoms with van der Waals surface area (Å²) in [5.41, 5.74) is 7.27. The fraction of sp³-hybridized carbons (Fsp3) is 0.517. The summed E-state index contributed by atoms with van der Waals surface area (Å²) in [5.74, 6) is 1.84. The Morgan fingerprint density at radius 3 is 2.54 bits per heavy atom. The van der Waals surface area contributed by atoms with E-state index in [1.54, 1.807) is 0 Å². The highest BCUT2D eigenvalue weighted by Crippen LogP contribution is 2.35. The van der Waals surface area contributed by atoms with Crippen molar-refractivity contribution in [2.75, 3.05) is 32.1 Å². The summed E-state index contributed by atoms with van der Waals surface area (Å²) >= 11 is 0. The zero-order valence-electron chi connectivity index (χ0n) is 21.7. The van der Waals surface area contributed by atoms with E-state index in [0.29, 0.717) is 12.0 Å². The molecule has 6 nitrogen and oxygen atoms in total. The third kappa shape index (κ3) is 4.94. The number of hydrogen-bond donors (Lipinski definition) is 1. The van der Waals surface area contributed by atoms with Crippen molar-refractivity contribution < 1.29 is 9.53 Å². The van der Waals surface area contributed by atoms with Gasteiger partial charge >= 0.3 is 6.09 Å². The fourth-order valence-electron chi connectivity index (χ4n) is 5.92. The van der Waals surface area contributed by atoms with Gasteiger partial charge in [0.2, 0.25) is 0 Å². The summed E-state index contributed by atoms with van der Waals surface area (Å²) in [6, 6.07) is 13.4. The number of carbonyl (C=O) groups excluding carboxylic acids is 1. The van der Waals surface area contributed by atoms with Crippen LogP contribution in [0.2, 0.25) is 0 Å². The quantitative estimate of drug-likeness (QED) is 0.514. The first-order valence-electron chi connectivity index (χ1n) is 12.9. The molecule has 1 saturated heterocycles. The number of aryl methyl sites for hydroxylation is 1. The van der Waals surface area contributed by atoms with Gasteiger partial charge in [0.1, 0.15) is 5.82 Å². The zero-order valence-corrected chi connectivity index (χ0v) is 21.7. The monoisotopic (exact) mass is 474 g/mol. The number of piperidine rings is 1. The summed E-state index contributed by atoms with van der Waals surface area (Å²) in [4.78, 5) is 19.3. The lowest BCUT2D eigenvalue weighted by atomic mass is 9.94. The minimum absolute atomic E-state index is 0.0151. The van der Waals surface area contributed by atoms with Gasteiger partial charge in [-0.3, -0.25) is 5.32 Å². The van der Waals surface area contributed by atoms with E-state index >= 15 is 0 Å². The van der Waals surface area contributed by atoms with Crippen LogP contribution < -0.4 is 5.32 Å². The number of aromatic nitrogens is 2. The number of nitrogens with zero attached hydrogens (tertiary/aromatic N) is 3. The average Bonchev–Trinajstić information content (AvgIpc) is 3.39. The van der Waals surface area contributed by atoms with Crippen LogP contribution in [-0.4, -0.2) is 47.3 Å². The molecule has 0 unspecified atom stereocenters. The van der Waals surface area contributed by atoms with E-state index in [0.717, 1.165) is 56.5 Å². The van der Waals surface area contributed by atoms with Crippen molar-refractivity contribution in [3.63, 3.8) is 0 Å². The molecule has 6 heteroatoms. The molecule has 1 aromatic heterocycles. The molecule has 0 radical (unpaired) electrons. The van der Waals surface area contributed by atoms with Gasteiger partial charge in [0.25, 0.3) is 0 Å². The van der Waals surface area contributed by atoms with Gasteiger partial charge in [0, 0.05) is 36.8 Å². The highest BCUT2D eigenvalue weighted by molar-refractivity contribution is 5.84. The maximum atomic E-state index is 11.5. The first-order chi connectivity index (χ1) is 16.7. The minimum atomic E-state index is -0.419. The molecule has 1 fully saturated rings. The van der Waals surface area contributed by atoms with Crippen LogP contribution in [0.1, 0.15) is 62.2 Å². The van der Waals surface area contributed by atoms with E-state index in [4.69, 9.17) is 9.72 Å². The van der Waals surface area contributed by atoms with Crippen molar-refractivity contribution in [2.24, 2.45) is 5.92 Å². The molecule has 1 atom stereocenters. The number of rotatable bonds is 4. The number of nitrogens with one attached hydrogen (secondary N) is 1. The van der Waals surface area contributed by atoms with Crippen LogP contribution in [0.5, 0.6) is 0 Å². The number of carbonyl (C=O) groups is 1. The van der Waals surface area contributed by atoms with E-state index in [1.807, 2.05) is 6.07 Å². The lowest BCUT2D eigenvalue weighted by Gasteiger charge is -2.36. The Hall–Kier alpha value is -2.86. The molecule has 2 aromatic carbocycles. The predicted octanol–water partition coefficient (Wildman–Crippen LogP) is 5.87. The molecule has 5 rings (SSSR count). The average molecular weight is 475 g/mol. The Kier molecular flexibility index (Phi) is 6.34. The second kappa shape index (κ2) is 9.30.